The standard InChI is InChI=1S/C21H20ClFN2O3/c1-3-5-14(20(24)27)17-11(2)25(15-8-9-16(26)19(23)18(15)17)21(28)12-6-4-7-13(22)10-12/h4,6-10,14,26H,3,5H2,1-2H3,(H2,24,27). The summed E-state index contributed by atoms with van der Waals surface area (Å²) >= 11 is 6.00. The third kappa shape index (κ3) is 3.24. The molecule has 7 heteroatoms. The lowest BCUT2D eigenvalue weighted by atomic mass is 9.91. The van der Waals surface area contributed by atoms with Crippen LogP contribution < -0.4 is 5.73 Å². The van der Waals surface area contributed by atoms with E-state index in [9.17, 15) is 19.1 Å². The molecule has 0 saturated heterocycles. The second-order valence-corrected chi connectivity index (χ2v) is 7.12. The van der Waals surface area contributed by atoms with Crippen LogP contribution in [0.25, 0.3) is 10.9 Å². The topological polar surface area (TPSA) is 85.3 Å². The Morgan fingerprint density at radius 3 is 2.61 bits per heavy atom. The summed E-state index contributed by atoms with van der Waals surface area (Å²) in [6, 6.07) is 9.05. The SMILES string of the molecule is CCCC(C(N)=O)c1c(C)n(C(=O)c2cccc(Cl)c2)c2ccc(O)c(F)c12. The second kappa shape index (κ2) is 7.64. The van der Waals surface area contributed by atoms with Crippen molar-refractivity contribution >= 4 is 34.3 Å². The van der Waals surface area contributed by atoms with Crippen molar-refractivity contribution < 1.29 is 19.1 Å². The minimum Gasteiger partial charge on any atom is -0.505 e. The van der Waals surface area contributed by atoms with Gasteiger partial charge >= 0.3 is 0 Å². The number of nitrogens with two attached hydrogens (primary N) is 1. The van der Waals surface area contributed by atoms with Gasteiger partial charge in [0.1, 0.15) is 0 Å². The van der Waals surface area contributed by atoms with Crippen LogP contribution in [0.2, 0.25) is 5.02 Å². The van der Waals surface area contributed by atoms with Gasteiger partial charge < -0.3 is 10.8 Å². The molecule has 1 amide bonds. The van der Waals surface area contributed by atoms with Crippen molar-refractivity contribution in [3.63, 3.8) is 0 Å². The first-order valence-electron chi connectivity index (χ1n) is 8.89. The quantitative estimate of drug-likeness (QED) is 0.658. The minimum atomic E-state index is -0.879. The summed E-state index contributed by atoms with van der Waals surface area (Å²) in [6.07, 6.45) is 1.04. The third-order valence-electron chi connectivity index (χ3n) is 4.88. The Labute approximate surface area is 166 Å². The fourth-order valence-corrected chi connectivity index (χ4v) is 3.83. The molecule has 1 atom stereocenters. The van der Waals surface area contributed by atoms with E-state index in [0.717, 1.165) is 0 Å². The molecule has 3 N–H and O–H groups in total. The van der Waals surface area contributed by atoms with E-state index in [0.29, 0.717) is 34.7 Å². The van der Waals surface area contributed by atoms with E-state index >= 15 is 0 Å². The number of halogens is 2. The van der Waals surface area contributed by atoms with Crippen molar-refractivity contribution in [3.05, 3.63) is 64.1 Å². The summed E-state index contributed by atoms with van der Waals surface area (Å²) in [7, 11) is 0. The number of hydrogen-bond acceptors (Lipinski definition) is 3. The van der Waals surface area contributed by atoms with E-state index in [1.165, 1.54) is 22.8 Å². The summed E-state index contributed by atoms with van der Waals surface area (Å²) in [5.74, 6) is -3.24. The zero-order valence-electron chi connectivity index (χ0n) is 15.5. The molecule has 2 aromatic carbocycles. The number of aromatic hydroxyl groups is 1. The number of nitrogens with zero attached hydrogens (tertiary/aromatic N) is 1. The first-order valence-corrected chi connectivity index (χ1v) is 9.27. The highest BCUT2D eigenvalue weighted by Gasteiger charge is 2.30. The molecule has 0 aliphatic heterocycles. The van der Waals surface area contributed by atoms with Crippen molar-refractivity contribution in [3.8, 4) is 5.75 Å². The fourth-order valence-electron chi connectivity index (χ4n) is 3.64. The summed E-state index contributed by atoms with van der Waals surface area (Å²) in [6.45, 7) is 3.52. The fraction of sp³-hybridized carbons (Fsp3) is 0.238. The van der Waals surface area contributed by atoms with Crippen LogP contribution in [0, 0.1) is 12.7 Å². The number of primary amides is 1. The molecule has 0 aliphatic rings. The first kappa shape index (κ1) is 19.9. The van der Waals surface area contributed by atoms with E-state index in [1.807, 2.05) is 6.92 Å². The molecule has 3 rings (SSSR count). The largest absolute Gasteiger partial charge is 0.505 e. The molecule has 146 valence electrons. The van der Waals surface area contributed by atoms with Gasteiger partial charge in [-0.15, -0.1) is 0 Å². The second-order valence-electron chi connectivity index (χ2n) is 6.69. The lowest BCUT2D eigenvalue weighted by molar-refractivity contribution is -0.119. The van der Waals surface area contributed by atoms with Crippen LogP contribution in [0.3, 0.4) is 0 Å². The van der Waals surface area contributed by atoms with E-state index in [2.05, 4.69) is 0 Å². The zero-order chi connectivity index (χ0) is 20.6. The number of phenols is 1. The molecule has 1 heterocycles. The molecule has 0 saturated carbocycles. The van der Waals surface area contributed by atoms with Crippen LogP contribution in [0.4, 0.5) is 4.39 Å². The molecular weight excluding hydrogens is 383 g/mol. The molecular formula is C21H20ClFN2O3. The summed E-state index contributed by atoms with van der Waals surface area (Å²) in [5, 5.41) is 10.3. The van der Waals surface area contributed by atoms with Crippen LogP contribution in [-0.4, -0.2) is 21.5 Å². The van der Waals surface area contributed by atoms with Gasteiger partial charge in [-0.2, -0.15) is 0 Å². The van der Waals surface area contributed by atoms with Gasteiger partial charge in [0, 0.05) is 21.7 Å². The van der Waals surface area contributed by atoms with Crippen molar-refractivity contribution in [1.82, 2.24) is 4.57 Å². The van der Waals surface area contributed by atoms with E-state index in [4.69, 9.17) is 17.3 Å². The minimum absolute atomic E-state index is 0.0325. The number of phenolic OH excluding ortho intramolecular Hbond substituents is 1. The maximum atomic E-state index is 14.9. The Kier molecular flexibility index (Phi) is 5.42. The third-order valence-corrected chi connectivity index (χ3v) is 5.11. The summed E-state index contributed by atoms with van der Waals surface area (Å²) in [4.78, 5) is 25.3. The highest BCUT2D eigenvalue weighted by atomic mass is 35.5. The van der Waals surface area contributed by atoms with E-state index < -0.39 is 29.3 Å². The van der Waals surface area contributed by atoms with Crippen LogP contribution in [0.5, 0.6) is 5.75 Å². The lowest BCUT2D eigenvalue weighted by Gasteiger charge is -2.14. The van der Waals surface area contributed by atoms with Crippen molar-refractivity contribution in [2.24, 2.45) is 5.73 Å². The molecule has 0 aliphatic carbocycles. The van der Waals surface area contributed by atoms with Crippen LogP contribution in [0.1, 0.15) is 47.3 Å². The number of fused-ring (bicyclic) bond motifs is 1. The predicted molar refractivity (Wildman–Crippen MR) is 106 cm³/mol. The number of benzene rings is 2. The maximum absolute atomic E-state index is 14.9. The lowest BCUT2D eigenvalue weighted by Crippen LogP contribution is -2.22. The average Bonchev–Trinajstić information content (AvgIpc) is 2.94. The Hall–Kier alpha value is -2.86. The van der Waals surface area contributed by atoms with Gasteiger partial charge in [-0.1, -0.05) is 31.0 Å². The molecule has 28 heavy (non-hydrogen) atoms. The van der Waals surface area contributed by atoms with Crippen molar-refractivity contribution in [1.29, 1.82) is 0 Å². The van der Waals surface area contributed by atoms with Gasteiger partial charge in [0.25, 0.3) is 5.91 Å². The van der Waals surface area contributed by atoms with Gasteiger partial charge in [-0.25, -0.2) is 4.39 Å². The predicted octanol–water partition coefficient (Wildman–Crippen LogP) is 4.51. The monoisotopic (exact) mass is 402 g/mol. The Bertz CT molecular complexity index is 1090. The van der Waals surface area contributed by atoms with Gasteiger partial charge in [0.2, 0.25) is 5.91 Å². The van der Waals surface area contributed by atoms with Crippen LogP contribution in [-0.2, 0) is 4.79 Å². The molecule has 5 nitrogen and oxygen atoms in total. The summed E-state index contributed by atoms with van der Waals surface area (Å²) < 4.78 is 16.2. The number of rotatable bonds is 5. The number of amides is 1. The normalized spacial score (nSPS) is 12.3. The molecule has 3 aromatic rings. The van der Waals surface area contributed by atoms with Gasteiger partial charge in [-0.05, 0) is 49.2 Å². The smallest absolute Gasteiger partial charge is 0.262 e. The zero-order valence-corrected chi connectivity index (χ0v) is 16.3. The average molecular weight is 403 g/mol. The number of carbonyl (C=O) groups is 2. The highest BCUT2D eigenvalue weighted by Crippen LogP contribution is 2.38. The molecule has 0 radical (unpaired) electrons. The van der Waals surface area contributed by atoms with Crippen LogP contribution >= 0.6 is 11.6 Å². The number of hydrogen-bond donors (Lipinski definition) is 2. The Morgan fingerprint density at radius 1 is 1.29 bits per heavy atom. The van der Waals surface area contributed by atoms with E-state index in [1.54, 1.807) is 25.1 Å². The van der Waals surface area contributed by atoms with E-state index in [-0.39, 0.29) is 10.9 Å². The summed E-state index contributed by atoms with van der Waals surface area (Å²) in [5.41, 5.74) is 6.89. The molecule has 0 bridgehead atoms. The molecule has 0 fully saturated rings. The molecule has 1 unspecified atom stereocenters. The van der Waals surface area contributed by atoms with Gasteiger partial charge in [-0.3, -0.25) is 14.2 Å². The maximum Gasteiger partial charge on any atom is 0.262 e. The highest BCUT2D eigenvalue weighted by molar-refractivity contribution is 6.31. The van der Waals surface area contributed by atoms with Gasteiger partial charge in [0.05, 0.1) is 11.4 Å². The molecule has 0 spiro atoms. The number of aromatic nitrogens is 1. The van der Waals surface area contributed by atoms with Crippen LogP contribution in [0.15, 0.2) is 36.4 Å². The Morgan fingerprint density at radius 2 is 2.00 bits per heavy atom. The Balaban J connectivity index is 2.36. The van der Waals surface area contributed by atoms with Crippen molar-refractivity contribution in [2.45, 2.75) is 32.6 Å². The first-order chi connectivity index (χ1) is 13.3. The van der Waals surface area contributed by atoms with Gasteiger partial charge in [0.15, 0.2) is 11.6 Å². The van der Waals surface area contributed by atoms with Crippen molar-refractivity contribution in [2.75, 3.05) is 0 Å². The number of carbonyl (C=O) groups excluding carboxylic acids is 2. The molecule has 1 aromatic heterocycles.